The van der Waals surface area contributed by atoms with Crippen molar-refractivity contribution in [3.8, 4) is 0 Å². The zero-order valence-corrected chi connectivity index (χ0v) is 5.99. The van der Waals surface area contributed by atoms with Gasteiger partial charge < -0.3 is 4.65 Å². The van der Waals surface area contributed by atoms with Crippen molar-refractivity contribution in [2.24, 2.45) is 0 Å². The van der Waals surface area contributed by atoms with E-state index < -0.39 is 5.97 Å². The third kappa shape index (κ3) is 2.46. The van der Waals surface area contributed by atoms with Gasteiger partial charge in [-0.05, 0) is 5.56 Å². The maximum absolute atomic E-state index is 10.6. The Morgan fingerprint density at radius 3 is 2.55 bits per heavy atom. The molecule has 0 aliphatic heterocycles. The Morgan fingerprint density at radius 2 is 2.00 bits per heavy atom. The van der Waals surface area contributed by atoms with Gasteiger partial charge in [-0.15, -0.1) is 0 Å². The highest BCUT2D eigenvalue weighted by molar-refractivity contribution is 6.05. The number of carbonyl (C=O) groups is 1. The van der Waals surface area contributed by atoms with Crippen molar-refractivity contribution in [1.82, 2.24) is 0 Å². The molecule has 0 unspecified atom stereocenters. The Labute approximate surface area is 66.6 Å². The van der Waals surface area contributed by atoms with E-state index in [4.69, 9.17) is 0 Å². The lowest BCUT2D eigenvalue weighted by Gasteiger charge is -1.98. The van der Waals surface area contributed by atoms with Crippen LogP contribution in [0.15, 0.2) is 30.3 Å². The highest BCUT2D eigenvalue weighted by Gasteiger charge is 1.99. The van der Waals surface area contributed by atoms with Crippen LogP contribution in [-0.2, 0) is 15.9 Å². The van der Waals surface area contributed by atoms with Gasteiger partial charge in [-0.25, -0.2) is 0 Å². The van der Waals surface area contributed by atoms with Gasteiger partial charge in [0.15, 0.2) is 0 Å². The van der Waals surface area contributed by atoms with Crippen molar-refractivity contribution in [1.29, 1.82) is 0 Å². The van der Waals surface area contributed by atoms with Crippen molar-refractivity contribution in [2.45, 2.75) is 6.42 Å². The van der Waals surface area contributed by atoms with E-state index in [0.29, 0.717) is 0 Å². The van der Waals surface area contributed by atoms with Gasteiger partial charge in [0.25, 0.3) is 5.97 Å². The molecule has 0 saturated carbocycles. The fraction of sp³-hybridized carbons (Fsp3) is 0.125. The number of hydrogen-bond acceptors (Lipinski definition) is 2. The van der Waals surface area contributed by atoms with Gasteiger partial charge >= 0.3 is 8.05 Å². The summed E-state index contributed by atoms with van der Waals surface area (Å²) in [6, 6.07) is 9.30. The molecular formula is C8H7BO2. The molecule has 2 nitrogen and oxygen atoms in total. The smallest absolute Gasteiger partial charge is 0.378 e. The first-order valence-electron chi connectivity index (χ1n) is 3.26. The number of carbonyl (C=O) groups excluding carboxylic acids is 1. The second-order valence-corrected chi connectivity index (χ2v) is 2.15. The summed E-state index contributed by atoms with van der Waals surface area (Å²) in [4.78, 5) is 10.6. The second kappa shape index (κ2) is 3.81. The first-order valence-corrected chi connectivity index (χ1v) is 3.26. The van der Waals surface area contributed by atoms with Crippen LogP contribution in [0.1, 0.15) is 5.56 Å². The summed E-state index contributed by atoms with van der Waals surface area (Å²) in [5.74, 6) is -0.420. The normalized spacial score (nSPS) is 9.09. The van der Waals surface area contributed by atoms with Crippen LogP contribution in [0.5, 0.6) is 0 Å². The van der Waals surface area contributed by atoms with E-state index >= 15 is 0 Å². The van der Waals surface area contributed by atoms with Crippen LogP contribution >= 0.6 is 0 Å². The Morgan fingerprint density at radius 1 is 1.36 bits per heavy atom. The third-order valence-electron chi connectivity index (χ3n) is 1.32. The molecule has 3 heteroatoms. The molecule has 0 fully saturated rings. The summed E-state index contributed by atoms with van der Waals surface area (Å²) in [5, 5.41) is 0. The molecule has 0 amide bonds. The zero-order valence-electron chi connectivity index (χ0n) is 5.99. The lowest BCUT2D eigenvalue weighted by atomic mass is 10.1. The molecule has 0 bridgehead atoms. The van der Waals surface area contributed by atoms with Gasteiger partial charge in [-0.1, -0.05) is 30.3 Å². The summed E-state index contributed by atoms with van der Waals surface area (Å²) < 4.78 is 4.02. The molecular weight excluding hydrogens is 139 g/mol. The summed E-state index contributed by atoms with van der Waals surface area (Å²) in [6.07, 6.45) is 0.233. The summed E-state index contributed by atoms with van der Waals surface area (Å²) in [6.45, 7) is 0. The van der Waals surface area contributed by atoms with E-state index in [0.717, 1.165) is 5.56 Å². The lowest BCUT2D eigenvalue weighted by molar-refractivity contribution is -0.133. The van der Waals surface area contributed by atoms with Gasteiger partial charge in [0.2, 0.25) is 0 Å². The first-order chi connectivity index (χ1) is 5.33. The molecule has 1 aromatic rings. The van der Waals surface area contributed by atoms with E-state index in [1.165, 1.54) is 0 Å². The topological polar surface area (TPSA) is 26.3 Å². The van der Waals surface area contributed by atoms with Crippen LogP contribution in [-0.4, -0.2) is 14.0 Å². The van der Waals surface area contributed by atoms with Crippen LogP contribution < -0.4 is 0 Å². The molecule has 0 aromatic heterocycles. The van der Waals surface area contributed by atoms with Gasteiger partial charge in [0.1, 0.15) is 0 Å². The standard InChI is InChI=1S/C8H7BO2/c9-11-8(10)6-7-4-2-1-3-5-7/h1-5H,6H2. The Kier molecular flexibility index (Phi) is 2.72. The van der Waals surface area contributed by atoms with Crippen LogP contribution in [0.3, 0.4) is 0 Å². The molecule has 0 saturated heterocycles. The number of hydrogen-bond donors (Lipinski definition) is 0. The summed E-state index contributed by atoms with van der Waals surface area (Å²) in [5.41, 5.74) is 0.906. The highest BCUT2D eigenvalue weighted by Crippen LogP contribution is 1.99. The van der Waals surface area contributed by atoms with Gasteiger partial charge in [-0.3, -0.25) is 4.79 Å². The minimum atomic E-state index is -0.420. The molecule has 0 heterocycles. The van der Waals surface area contributed by atoms with Crippen molar-refractivity contribution in [3.05, 3.63) is 35.9 Å². The molecule has 0 aliphatic carbocycles. The lowest BCUT2D eigenvalue weighted by Crippen LogP contribution is -2.04. The molecule has 54 valence electrons. The fourth-order valence-electron chi connectivity index (χ4n) is 0.804. The first kappa shape index (κ1) is 7.86. The number of rotatable bonds is 2. The molecule has 0 atom stereocenters. The predicted octanol–water partition coefficient (Wildman–Crippen LogP) is 0.856. The Hall–Kier alpha value is -1.25. The molecule has 2 radical (unpaired) electrons. The van der Waals surface area contributed by atoms with Crippen LogP contribution in [0.25, 0.3) is 0 Å². The van der Waals surface area contributed by atoms with Gasteiger partial charge in [-0.2, -0.15) is 0 Å². The van der Waals surface area contributed by atoms with Crippen molar-refractivity contribution < 1.29 is 9.45 Å². The van der Waals surface area contributed by atoms with Crippen molar-refractivity contribution in [2.75, 3.05) is 0 Å². The monoisotopic (exact) mass is 146 g/mol. The Bertz CT molecular complexity index is 233. The van der Waals surface area contributed by atoms with E-state index in [2.05, 4.69) is 12.7 Å². The minimum Gasteiger partial charge on any atom is -0.543 e. The van der Waals surface area contributed by atoms with Crippen molar-refractivity contribution >= 4 is 14.0 Å². The third-order valence-corrected chi connectivity index (χ3v) is 1.32. The second-order valence-electron chi connectivity index (χ2n) is 2.15. The van der Waals surface area contributed by atoms with E-state index in [-0.39, 0.29) is 6.42 Å². The van der Waals surface area contributed by atoms with E-state index in [9.17, 15) is 4.79 Å². The molecule has 0 spiro atoms. The van der Waals surface area contributed by atoms with E-state index in [1.807, 2.05) is 30.3 Å². The van der Waals surface area contributed by atoms with Crippen LogP contribution in [0.4, 0.5) is 0 Å². The predicted molar refractivity (Wildman–Crippen MR) is 42.0 cm³/mol. The zero-order chi connectivity index (χ0) is 8.10. The summed E-state index contributed by atoms with van der Waals surface area (Å²) in [7, 11) is 4.67. The molecule has 1 aromatic carbocycles. The molecule has 11 heavy (non-hydrogen) atoms. The fourth-order valence-corrected chi connectivity index (χ4v) is 0.804. The highest BCUT2D eigenvalue weighted by atomic mass is 16.5. The maximum Gasteiger partial charge on any atom is 0.378 e. The Balaban J connectivity index is 2.58. The number of benzene rings is 1. The van der Waals surface area contributed by atoms with E-state index in [1.54, 1.807) is 0 Å². The van der Waals surface area contributed by atoms with Gasteiger partial charge in [0, 0.05) is 0 Å². The molecule has 1 rings (SSSR count). The maximum atomic E-state index is 10.6. The average molecular weight is 146 g/mol. The largest absolute Gasteiger partial charge is 0.543 e. The SMILES string of the molecule is [B]OC(=O)Cc1ccccc1. The minimum absolute atomic E-state index is 0.233. The quantitative estimate of drug-likeness (QED) is 0.578. The van der Waals surface area contributed by atoms with Crippen molar-refractivity contribution in [3.63, 3.8) is 0 Å². The van der Waals surface area contributed by atoms with Gasteiger partial charge in [0.05, 0.1) is 6.42 Å². The summed E-state index contributed by atoms with van der Waals surface area (Å²) >= 11 is 0. The van der Waals surface area contributed by atoms with Crippen LogP contribution in [0.2, 0.25) is 0 Å². The van der Waals surface area contributed by atoms with Crippen LogP contribution in [0, 0.1) is 0 Å². The average Bonchev–Trinajstić information content (AvgIpc) is 2.06. The molecule has 0 aliphatic rings. The molecule has 0 N–H and O–H groups in total.